The zero-order valence-corrected chi connectivity index (χ0v) is 6.13. The van der Waals surface area contributed by atoms with Crippen molar-refractivity contribution in [3.8, 4) is 0 Å². The van der Waals surface area contributed by atoms with Crippen molar-refractivity contribution in [2.45, 2.75) is 13.5 Å². The van der Waals surface area contributed by atoms with E-state index in [1.54, 1.807) is 13.1 Å². The summed E-state index contributed by atoms with van der Waals surface area (Å²) < 4.78 is 1.23. The number of rotatable bonds is 2. The number of aromatic amines is 1. The van der Waals surface area contributed by atoms with Crippen LogP contribution in [0.3, 0.4) is 0 Å². The van der Waals surface area contributed by atoms with Crippen LogP contribution in [0.4, 0.5) is 0 Å². The normalized spacial score (nSPS) is 9.91. The van der Waals surface area contributed by atoms with E-state index >= 15 is 0 Å². The fraction of sp³-hybridized carbons (Fsp3) is 0.333. The fourth-order valence-electron chi connectivity index (χ4n) is 0.850. The number of hydrogen-bond acceptors (Lipinski definition) is 2. The Morgan fingerprint density at radius 2 is 2.45 bits per heavy atom. The molecule has 0 aromatic carbocycles. The summed E-state index contributed by atoms with van der Waals surface area (Å²) in [6, 6.07) is 0. The van der Waals surface area contributed by atoms with Crippen molar-refractivity contribution in [3.63, 3.8) is 0 Å². The van der Waals surface area contributed by atoms with Gasteiger partial charge in [0.05, 0.1) is 0 Å². The number of nitrogens with one attached hydrogen (secondary N) is 1. The molecule has 0 spiro atoms. The SMILES string of the molecule is Cc1cn(CC(N)=O)c(=O)[nH]1. The van der Waals surface area contributed by atoms with Crippen LogP contribution < -0.4 is 11.4 Å². The van der Waals surface area contributed by atoms with Crippen LogP contribution in [-0.4, -0.2) is 15.5 Å². The first-order valence-corrected chi connectivity index (χ1v) is 3.14. The van der Waals surface area contributed by atoms with E-state index < -0.39 is 5.91 Å². The molecule has 0 aliphatic rings. The maximum absolute atomic E-state index is 10.9. The van der Waals surface area contributed by atoms with E-state index in [-0.39, 0.29) is 12.2 Å². The first-order chi connectivity index (χ1) is 5.09. The van der Waals surface area contributed by atoms with Gasteiger partial charge in [-0.1, -0.05) is 0 Å². The van der Waals surface area contributed by atoms with Crippen molar-refractivity contribution in [1.29, 1.82) is 0 Å². The minimum atomic E-state index is -0.522. The van der Waals surface area contributed by atoms with E-state index in [1.807, 2.05) is 0 Å². The Kier molecular flexibility index (Phi) is 1.80. The second kappa shape index (κ2) is 2.61. The zero-order valence-electron chi connectivity index (χ0n) is 6.13. The highest BCUT2D eigenvalue weighted by Crippen LogP contribution is 1.86. The van der Waals surface area contributed by atoms with Gasteiger partial charge in [0.15, 0.2) is 0 Å². The largest absolute Gasteiger partial charge is 0.368 e. The van der Waals surface area contributed by atoms with Crippen LogP contribution in [0.5, 0.6) is 0 Å². The molecule has 1 aromatic heterocycles. The van der Waals surface area contributed by atoms with Gasteiger partial charge >= 0.3 is 5.69 Å². The smallest absolute Gasteiger partial charge is 0.326 e. The molecule has 0 radical (unpaired) electrons. The van der Waals surface area contributed by atoms with Gasteiger partial charge < -0.3 is 10.7 Å². The molecule has 0 saturated heterocycles. The average Bonchev–Trinajstić information content (AvgIpc) is 2.09. The molecule has 0 aliphatic heterocycles. The lowest BCUT2D eigenvalue weighted by Gasteiger charge is -1.92. The topological polar surface area (TPSA) is 80.9 Å². The number of imidazole rings is 1. The third kappa shape index (κ3) is 1.70. The molecule has 5 heteroatoms. The number of primary amides is 1. The Hall–Kier alpha value is -1.52. The summed E-state index contributed by atoms with van der Waals surface area (Å²) in [4.78, 5) is 23.8. The number of H-pyrrole nitrogens is 1. The molecular weight excluding hydrogens is 146 g/mol. The number of aromatic nitrogens is 2. The van der Waals surface area contributed by atoms with Crippen molar-refractivity contribution in [1.82, 2.24) is 9.55 Å². The Morgan fingerprint density at radius 1 is 1.82 bits per heavy atom. The Morgan fingerprint density at radius 3 is 2.82 bits per heavy atom. The van der Waals surface area contributed by atoms with Crippen LogP contribution in [-0.2, 0) is 11.3 Å². The van der Waals surface area contributed by atoms with Gasteiger partial charge in [0.1, 0.15) is 6.54 Å². The average molecular weight is 155 g/mol. The van der Waals surface area contributed by atoms with Crippen LogP contribution in [0.1, 0.15) is 5.69 Å². The number of nitrogens with zero attached hydrogens (tertiary/aromatic N) is 1. The van der Waals surface area contributed by atoms with Gasteiger partial charge in [-0.3, -0.25) is 9.36 Å². The van der Waals surface area contributed by atoms with E-state index in [0.717, 1.165) is 5.69 Å². The predicted molar refractivity (Wildman–Crippen MR) is 39.0 cm³/mol. The third-order valence-electron chi connectivity index (χ3n) is 1.24. The molecule has 60 valence electrons. The highest BCUT2D eigenvalue weighted by molar-refractivity contribution is 5.73. The molecule has 0 atom stereocenters. The molecule has 5 nitrogen and oxygen atoms in total. The van der Waals surface area contributed by atoms with E-state index in [1.165, 1.54) is 4.57 Å². The van der Waals surface area contributed by atoms with Crippen LogP contribution in [0.2, 0.25) is 0 Å². The number of amides is 1. The number of carbonyl (C=O) groups is 1. The minimum Gasteiger partial charge on any atom is -0.368 e. The summed E-state index contributed by atoms with van der Waals surface area (Å²) in [6.45, 7) is 1.67. The van der Waals surface area contributed by atoms with Gasteiger partial charge in [-0.15, -0.1) is 0 Å². The van der Waals surface area contributed by atoms with Gasteiger partial charge in [-0.05, 0) is 6.92 Å². The third-order valence-corrected chi connectivity index (χ3v) is 1.24. The Balaban J connectivity index is 2.95. The molecule has 3 N–H and O–H groups in total. The summed E-state index contributed by atoms with van der Waals surface area (Å²) in [6.07, 6.45) is 1.55. The van der Waals surface area contributed by atoms with Crippen molar-refractivity contribution < 1.29 is 4.79 Å². The van der Waals surface area contributed by atoms with Gasteiger partial charge in [-0.2, -0.15) is 0 Å². The van der Waals surface area contributed by atoms with Crippen molar-refractivity contribution in [2.24, 2.45) is 5.73 Å². The lowest BCUT2D eigenvalue weighted by molar-refractivity contribution is -0.118. The summed E-state index contributed by atoms with van der Waals surface area (Å²) >= 11 is 0. The van der Waals surface area contributed by atoms with Crippen LogP contribution in [0, 0.1) is 6.92 Å². The highest BCUT2D eigenvalue weighted by Gasteiger charge is 2.01. The van der Waals surface area contributed by atoms with E-state index in [2.05, 4.69) is 4.98 Å². The second-order valence-electron chi connectivity index (χ2n) is 2.34. The summed E-state index contributed by atoms with van der Waals surface area (Å²) in [7, 11) is 0. The number of nitrogens with two attached hydrogens (primary N) is 1. The Labute approximate surface area is 62.8 Å². The lowest BCUT2D eigenvalue weighted by atomic mass is 10.5. The molecule has 11 heavy (non-hydrogen) atoms. The zero-order chi connectivity index (χ0) is 8.43. The molecular formula is C6H9N3O2. The maximum atomic E-state index is 10.9. The molecule has 1 heterocycles. The predicted octanol–water partition coefficient (Wildman–Crippen LogP) is -1.03. The van der Waals surface area contributed by atoms with E-state index in [4.69, 9.17) is 5.73 Å². The molecule has 0 saturated carbocycles. The summed E-state index contributed by atoms with van der Waals surface area (Å²) in [5.41, 5.74) is 5.30. The molecule has 0 unspecified atom stereocenters. The minimum absolute atomic E-state index is 0.0663. The standard InChI is InChI=1S/C6H9N3O2/c1-4-2-9(3-5(7)10)6(11)8-4/h2H,3H2,1H3,(H2,7,10)(H,8,11). The van der Waals surface area contributed by atoms with Gasteiger partial charge in [-0.25, -0.2) is 4.79 Å². The maximum Gasteiger partial charge on any atom is 0.326 e. The summed E-state index contributed by atoms with van der Waals surface area (Å²) in [5.74, 6) is -0.522. The first kappa shape index (κ1) is 7.59. The van der Waals surface area contributed by atoms with Crippen molar-refractivity contribution in [3.05, 3.63) is 22.4 Å². The van der Waals surface area contributed by atoms with Crippen LogP contribution in [0.25, 0.3) is 0 Å². The number of aryl methyl sites for hydroxylation is 1. The number of hydrogen-bond donors (Lipinski definition) is 2. The van der Waals surface area contributed by atoms with Gasteiger partial charge in [0, 0.05) is 11.9 Å². The molecule has 1 rings (SSSR count). The lowest BCUT2D eigenvalue weighted by Crippen LogP contribution is -2.25. The second-order valence-corrected chi connectivity index (χ2v) is 2.34. The molecule has 0 aliphatic carbocycles. The van der Waals surface area contributed by atoms with Crippen LogP contribution >= 0.6 is 0 Å². The van der Waals surface area contributed by atoms with Gasteiger partial charge in [0.25, 0.3) is 0 Å². The molecule has 0 bridgehead atoms. The molecule has 0 fully saturated rings. The molecule has 1 amide bonds. The van der Waals surface area contributed by atoms with E-state index in [0.29, 0.717) is 0 Å². The quantitative estimate of drug-likeness (QED) is 0.572. The fourth-order valence-corrected chi connectivity index (χ4v) is 0.850. The van der Waals surface area contributed by atoms with Crippen LogP contribution in [0.15, 0.2) is 11.0 Å². The van der Waals surface area contributed by atoms with Crippen molar-refractivity contribution in [2.75, 3.05) is 0 Å². The summed E-state index contributed by atoms with van der Waals surface area (Å²) in [5, 5.41) is 0. The first-order valence-electron chi connectivity index (χ1n) is 3.14. The number of carbonyl (C=O) groups excluding carboxylic acids is 1. The van der Waals surface area contributed by atoms with Crippen molar-refractivity contribution >= 4 is 5.91 Å². The molecule has 1 aromatic rings. The monoisotopic (exact) mass is 155 g/mol. The van der Waals surface area contributed by atoms with E-state index in [9.17, 15) is 9.59 Å². The Bertz CT molecular complexity index is 323. The highest BCUT2D eigenvalue weighted by atomic mass is 16.2. The van der Waals surface area contributed by atoms with Gasteiger partial charge in [0.2, 0.25) is 5.91 Å².